The predicted molar refractivity (Wildman–Crippen MR) is 136 cm³/mol. The van der Waals surface area contributed by atoms with E-state index in [1.165, 1.54) is 11.0 Å². The first-order valence-electron chi connectivity index (χ1n) is 12.4. The van der Waals surface area contributed by atoms with Gasteiger partial charge in [0.05, 0.1) is 11.1 Å². The molecule has 1 aliphatic heterocycles. The largest absolute Gasteiger partial charge is 0.416 e. The first kappa shape index (κ1) is 30.1. The number of piperidine rings is 1. The molecule has 0 radical (unpaired) electrons. The fourth-order valence-corrected chi connectivity index (χ4v) is 4.68. The van der Waals surface area contributed by atoms with Crippen molar-refractivity contribution in [3.63, 3.8) is 0 Å². The number of alkyl halides is 6. The number of hydrogen-bond donors (Lipinski definition) is 0. The van der Waals surface area contributed by atoms with Gasteiger partial charge >= 0.3 is 12.4 Å². The maximum atomic E-state index is 13.4. The summed E-state index contributed by atoms with van der Waals surface area (Å²) < 4.78 is 85.5. The lowest BCUT2D eigenvalue weighted by atomic mass is 10.0. The Kier molecular flexibility index (Phi) is 8.76. The van der Waals surface area contributed by atoms with E-state index in [2.05, 4.69) is 16.7 Å². The summed E-state index contributed by atoms with van der Waals surface area (Å²) in [6, 6.07) is 6.68. The van der Waals surface area contributed by atoms with Crippen LogP contribution in [0, 0.1) is 0 Å². The molecule has 7 nitrogen and oxygen atoms in total. The van der Waals surface area contributed by atoms with Gasteiger partial charge in [-0.2, -0.15) is 31.3 Å². The second-order valence-corrected chi connectivity index (χ2v) is 9.77. The van der Waals surface area contributed by atoms with Crippen LogP contribution in [0.5, 0.6) is 0 Å². The Morgan fingerprint density at radius 1 is 1.07 bits per heavy atom. The molecule has 1 unspecified atom stereocenters. The lowest BCUT2D eigenvalue weighted by Gasteiger charge is -2.35. The zero-order chi connectivity index (χ0) is 29.9. The molecular formula is C27H23ClF6N4O3. The molecule has 2 amide bonds. The lowest BCUT2D eigenvalue weighted by molar-refractivity contribution is -0.143. The van der Waals surface area contributed by atoms with Crippen molar-refractivity contribution in [2.24, 2.45) is 0 Å². The topological polar surface area (TPSA) is 79.5 Å². The maximum Gasteiger partial charge on any atom is 0.416 e. The molecule has 1 atom stereocenters. The molecular weight excluding hydrogens is 578 g/mol. The normalized spacial score (nSPS) is 16.0. The molecule has 4 rings (SSSR count). The lowest BCUT2D eigenvalue weighted by Crippen LogP contribution is -2.46. The van der Waals surface area contributed by atoms with Crippen molar-refractivity contribution in [3.8, 4) is 11.4 Å². The van der Waals surface area contributed by atoms with E-state index in [1.54, 1.807) is 24.3 Å². The van der Waals surface area contributed by atoms with Gasteiger partial charge in [-0.3, -0.25) is 9.59 Å². The van der Waals surface area contributed by atoms with Crippen molar-refractivity contribution in [2.75, 3.05) is 19.6 Å². The first-order valence-corrected chi connectivity index (χ1v) is 12.7. The van der Waals surface area contributed by atoms with Gasteiger partial charge in [-0.25, -0.2) is 0 Å². The molecule has 0 saturated carbocycles. The number of hydrogen-bond acceptors (Lipinski definition) is 5. The highest BCUT2D eigenvalue weighted by molar-refractivity contribution is 6.30. The molecule has 218 valence electrons. The van der Waals surface area contributed by atoms with Crippen LogP contribution >= 0.6 is 11.6 Å². The summed E-state index contributed by atoms with van der Waals surface area (Å²) in [6.45, 7) is 2.81. The van der Waals surface area contributed by atoms with E-state index in [4.69, 9.17) is 16.1 Å². The number of nitrogens with zero attached hydrogens (tertiary/aromatic N) is 4. The summed E-state index contributed by atoms with van der Waals surface area (Å²) in [5.41, 5.74) is -3.55. The van der Waals surface area contributed by atoms with Gasteiger partial charge in [0.25, 0.3) is 5.91 Å². The molecule has 14 heteroatoms. The van der Waals surface area contributed by atoms with E-state index in [-0.39, 0.29) is 30.9 Å². The fourth-order valence-electron chi connectivity index (χ4n) is 4.49. The number of carbonyl (C=O) groups excluding carboxylic acids is 2. The van der Waals surface area contributed by atoms with Crippen LogP contribution in [-0.4, -0.2) is 51.4 Å². The third-order valence-electron chi connectivity index (χ3n) is 6.43. The number of halogens is 7. The van der Waals surface area contributed by atoms with Gasteiger partial charge in [0.1, 0.15) is 12.6 Å². The minimum atomic E-state index is -5.13. The molecule has 0 aliphatic carbocycles. The second-order valence-electron chi connectivity index (χ2n) is 9.33. The summed E-state index contributed by atoms with van der Waals surface area (Å²) >= 11 is 6.03. The average Bonchev–Trinajstić information content (AvgIpc) is 3.41. The highest BCUT2D eigenvalue weighted by atomic mass is 35.5. The van der Waals surface area contributed by atoms with E-state index in [0.717, 1.165) is 11.3 Å². The summed E-state index contributed by atoms with van der Waals surface area (Å²) in [4.78, 5) is 33.2. The summed E-state index contributed by atoms with van der Waals surface area (Å²) in [7, 11) is 0. The Morgan fingerprint density at radius 2 is 1.76 bits per heavy atom. The third-order valence-corrected chi connectivity index (χ3v) is 6.67. The van der Waals surface area contributed by atoms with E-state index in [9.17, 15) is 35.9 Å². The molecule has 2 aromatic carbocycles. The Morgan fingerprint density at radius 3 is 2.37 bits per heavy atom. The quantitative estimate of drug-likeness (QED) is 0.220. The van der Waals surface area contributed by atoms with Crippen molar-refractivity contribution in [3.05, 3.63) is 82.7 Å². The second kappa shape index (κ2) is 11.9. The third kappa shape index (κ3) is 7.07. The van der Waals surface area contributed by atoms with Crippen LogP contribution in [0.3, 0.4) is 0 Å². The smallest absolute Gasteiger partial charge is 0.337 e. The molecule has 0 bridgehead atoms. The van der Waals surface area contributed by atoms with Crippen molar-refractivity contribution >= 4 is 23.4 Å². The van der Waals surface area contributed by atoms with Crippen LogP contribution in [0.25, 0.3) is 11.4 Å². The van der Waals surface area contributed by atoms with Crippen molar-refractivity contribution in [1.29, 1.82) is 0 Å². The molecule has 41 heavy (non-hydrogen) atoms. The molecule has 0 spiro atoms. The molecule has 1 saturated heterocycles. The zero-order valence-electron chi connectivity index (χ0n) is 21.3. The Labute approximate surface area is 235 Å². The minimum Gasteiger partial charge on any atom is -0.337 e. The Balaban J connectivity index is 1.59. The average molecular weight is 601 g/mol. The van der Waals surface area contributed by atoms with E-state index in [1.807, 2.05) is 0 Å². The van der Waals surface area contributed by atoms with Crippen LogP contribution in [0.4, 0.5) is 26.3 Å². The fraction of sp³-hybridized carbons (Fsp3) is 0.333. The van der Waals surface area contributed by atoms with Crippen LogP contribution in [-0.2, 0) is 17.1 Å². The van der Waals surface area contributed by atoms with Gasteiger partial charge in [0.2, 0.25) is 17.6 Å². The van der Waals surface area contributed by atoms with Crippen LogP contribution in [0.2, 0.25) is 5.02 Å². The Bertz CT molecular complexity index is 1410. The molecule has 2 heterocycles. The van der Waals surface area contributed by atoms with E-state index >= 15 is 0 Å². The number of carbonyl (C=O) groups is 2. The number of benzene rings is 2. The standard InChI is InChI=1S/C27H23ClF6N4O3/c1-2-9-37(25(40)17-11-18(26(29,30)31)14-19(12-17)27(32,33)34)15-22(39)38-10-4-3-8-21(38)24-35-23(36-41-24)16-6-5-7-20(28)13-16/h2,5-7,11-14,21H,1,3-4,8-10,15H2. The van der Waals surface area contributed by atoms with Gasteiger partial charge in [-0.05, 0) is 49.6 Å². The van der Waals surface area contributed by atoms with Crippen LogP contribution in [0.15, 0.2) is 59.6 Å². The van der Waals surface area contributed by atoms with Crippen LogP contribution < -0.4 is 0 Å². The number of aromatic nitrogens is 2. The maximum absolute atomic E-state index is 13.4. The summed E-state index contributed by atoms with van der Waals surface area (Å²) in [5.74, 6) is -1.41. The van der Waals surface area contributed by atoms with Crippen molar-refractivity contribution in [2.45, 2.75) is 37.7 Å². The molecule has 3 aromatic rings. The zero-order valence-corrected chi connectivity index (χ0v) is 22.1. The van der Waals surface area contributed by atoms with Gasteiger partial charge in [-0.15, -0.1) is 6.58 Å². The van der Waals surface area contributed by atoms with Gasteiger partial charge in [0, 0.05) is 29.2 Å². The number of amides is 2. The van der Waals surface area contributed by atoms with E-state index in [0.29, 0.717) is 35.6 Å². The monoisotopic (exact) mass is 600 g/mol. The van der Waals surface area contributed by atoms with Gasteiger partial charge < -0.3 is 14.3 Å². The number of likely N-dealkylation sites (tertiary alicyclic amines) is 1. The molecule has 1 fully saturated rings. The van der Waals surface area contributed by atoms with Crippen molar-refractivity contribution < 1.29 is 40.5 Å². The van der Waals surface area contributed by atoms with Gasteiger partial charge in [-0.1, -0.05) is 35.0 Å². The Hall–Kier alpha value is -3.87. The molecule has 0 N–H and O–H groups in total. The van der Waals surface area contributed by atoms with Crippen molar-refractivity contribution in [1.82, 2.24) is 19.9 Å². The summed E-state index contributed by atoms with van der Waals surface area (Å²) in [5, 5.41) is 4.42. The minimum absolute atomic E-state index is 0.0693. The van der Waals surface area contributed by atoms with Gasteiger partial charge in [0.15, 0.2) is 0 Å². The predicted octanol–water partition coefficient (Wildman–Crippen LogP) is 6.81. The number of rotatable bonds is 7. The SMILES string of the molecule is C=CCN(CC(=O)N1CCCCC1c1nc(-c2cccc(Cl)c2)no1)C(=O)c1cc(C(F)(F)F)cc(C(F)(F)F)c1. The van der Waals surface area contributed by atoms with E-state index < -0.39 is 53.4 Å². The summed E-state index contributed by atoms with van der Waals surface area (Å²) in [6.07, 6.45) is -7.25. The molecule has 1 aromatic heterocycles. The highest BCUT2D eigenvalue weighted by Gasteiger charge is 2.39. The highest BCUT2D eigenvalue weighted by Crippen LogP contribution is 2.37. The van der Waals surface area contributed by atoms with Crippen LogP contribution in [0.1, 0.15) is 52.7 Å². The first-order chi connectivity index (χ1) is 19.3. The molecule has 1 aliphatic rings.